The van der Waals surface area contributed by atoms with E-state index in [9.17, 15) is 9.59 Å². The fraction of sp³-hybridized carbons (Fsp3) is 0.250. The predicted molar refractivity (Wildman–Crippen MR) is 93.9 cm³/mol. The number of pyridine rings is 1. The molecule has 5 heteroatoms. The van der Waals surface area contributed by atoms with Crippen LogP contribution in [0.4, 0.5) is 0 Å². The number of H-pyrrole nitrogens is 1. The minimum atomic E-state index is -0.403. The molecule has 25 heavy (non-hydrogen) atoms. The second kappa shape index (κ2) is 8.52. The average Bonchev–Trinajstić information content (AvgIpc) is 2.59. The van der Waals surface area contributed by atoms with Gasteiger partial charge in [-0.3, -0.25) is 9.59 Å². The van der Waals surface area contributed by atoms with Gasteiger partial charge in [0, 0.05) is 17.7 Å². The van der Waals surface area contributed by atoms with Crippen LogP contribution in [0, 0.1) is 37.0 Å². The van der Waals surface area contributed by atoms with Crippen molar-refractivity contribution >= 4 is 5.97 Å². The van der Waals surface area contributed by atoms with Crippen molar-refractivity contribution in [2.24, 2.45) is 0 Å². The number of hydrogen-bond acceptors (Lipinski definition) is 4. The van der Waals surface area contributed by atoms with E-state index >= 15 is 0 Å². The van der Waals surface area contributed by atoms with E-state index in [1.165, 1.54) is 0 Å². The molecule has 1 aromatic heterocycles. The first kappa shape index (κ1) is 18.0. The number of nitrogens with one attached hydrogen (secondary N) is 1. The predicted octanol–water partition coefficient (Wildman–Crippen LogP) is 2.39. The molecule has 126 valence electrons. The van der Waals surface area contributed by atoms with Crippen LogP contribution in [0.2, 0.25) is 0 Å². The number of esters is 1. The largest absolute Gasteiger partial charge is 0.452 e. The van der Waals surface area contributed by atoms with Crippen LogP contribution in [-0.4, -0.2) is 17.6 Å². The summed E-state index contributed by atoms with van der Waals surface area (Å²) in [6.45, 7) is 3.50. The SMILES string of the molecule is Cc1[nH]c(=O)c(C#N)c(C)c1CCC(=O)OCC#Cc1ccccc1. The molecule has 0 aliphatic rings. The second-order valence-corrected chi connectivity index (χ2v) is 5.50. The molecule has 0 spiro atoms. The van der Waals surface area contributed by atoms with Crippen LogP contribution >= 0.6 is 0 Å². The monoisotopic (exact) mass is 334 g/mol. The van der Waals surface area contributed by atoms with Crippen LogP contribution in [0.5, 0.6) is 0 Å². The van der Waals surface area contributed by atoms with E-state index in [-0.39, 0.29) is 24.6 Å². The quantitative estimate of drug-likeness (QED) is 0.687. The highest BCUT2D eigenvalue weighted by Gasteiger charge is 2.13. The normalized spacial score (nSPS) is 9.64. The molecule has 0 amide bonds. The Hall–Kier alpha value is -3.31. The minimum Gasteiger partial charge on any atom is -0.452 e. The number of aromatic amines is 1. The standard InChI is InChI=1S/C20H18N2O3/c1-14-17(15(2)22-20(24)18(14)13-21)10-11-19(23)25-12-6-9-16-7-4-3-5-8-16/h3-5,7-8H,10-12H2,1-2H3,(H,22,24). The van der Waals surface area contributed by atoms with Gasteiger partial charge in [-0.15, -0.1) is 0 Å². The molecule has 0 unspecified atom stereocenters. The maximum atomic E-state index is 11.8. The second-order valence-electron chi connectivity index (χ2n) is 5.50. The number of carbonyl (C=O) groups is 1. The first-order chi connectivity index (χ1) is 12.0. The molecule has 2 rings (SSSR count). The van der Waals surface area contributed by atoms with Crippen molar-refractivity contribution in [2.75, 3.05) is 6.61 Å². The summed E-state index contributed by atoms with van der Waals surface area (Å²) >= 11 is 0. The highest BCUT2D eigenvalue weighted by molar-refractivity contribution is 5.70. The molecule has 1 aromatic carbocycles. The molecule has 0 radical (unpaired) electrons. The van der Waals surface area contributed by atoms with Crippen molar-refractivity contribution in [3.63, 3.8) is 0 Å². The van der Waals surface area contributed by atoms with Crippen LogP contribution in [0.15, 0.2) is 35.1 Å². The molecule has 0 bridgehead atoms. The molecule has 0 aliphatic heterocycles. The molecule has 1 heterocycles. The summed E-state index contributed by atoms with van der Waals surface area (Å²) in [4.78, 5) is 26.2. The summed E-state index contributed by atoms with van der Waals surface area (Å²) in [5, 5.41) is 9.05. The summed E-state index contributed by atoms with van der Waals surface area (Å²) in [5.41, 5.74) is 2.62. The zero-order chi connectivity index (χ0) is 18.2. The van der Waals surface area contributed by atoms with Crippen molar-refractivity contribution in [2.45, 2.75) is 26.7 Å². The number of aromatic nitrogens is 1. The molecule has 1 N–H and O–H groups in total. The van der Waals surface area contributed by atoms with E-state index in [1.807, 2.05) is 36.4 Å². The lowest BCUT2D eigenvalue weighted by Crippen LogP contribution is -2.17. The molecular weight excluding hydrogens is 316 g/mol. The van der Waals surface area contributed by atoms with Crippen molar-refractivity contribution in [1.82, 2.24) is 4.98 Å². The molecular formula is C20H18N2O3. The zero-order valence-electron chi connectivity index (χ0n) is 14.2. The van der Waals surface area contributed by atoms with Crippen LogP contribution < -0.4 is 5.56 Å². The number of benzene rings is 1. The summed E-state index contributed by atoms with van der Waals surface area (Å²) in [5.74, 6) is 5.34. The van der Waals surface area contributed by atoms with Crippen molar-refractivity contribution in [3.8, 4) is 17.9 Å². The van der Waals surface area contributed by atoms with Gasteiger partial charge in [0.15, 0.2) is 6.61 Å². The number of rotatable bonds is 4. The maximum Gasteiger partial charge on any atom is 0.307 e. The Morgan fingerprint density at radius 2 is 1.96 bits per heavy atom. The fourth-order valence-electron chi connectivity index (χ4n) is 2.50. The third-order valence-electron chi connectivity index (χ3n) is 3.81. The summed E-state index contributed by atoms with van der Waals surface area (Å²) in [7, 11) is 0. The minimum absolute atomic E-state index is 0.0285. The molecule has 0 saturated heterocycles. The van der Waals surface area contributed by atoms with E-state index in [0.29, 0.717) is 17.7 Å². The Balaban J connectivity index is 1.92. The Morgan fingerprint density at radius 1 is 1.24 bits per heavy atom. The van der Waals surface area contributed by atoms with Crippen LogP contribution in [0.25, 0.3) is 0 Å². The van der Waals surface area contributed by atoms with E-state index in [2.05, 4.69) is 16.8 Å². The molecule has 2 aromatic rings. The Kier molecular flexibility index (Phi) is 6.14. The number of ether oxygens (including phenoxy) is 1. The third-order valence-corrected chi connectivity index (χ3v) is 3.81. The van der Waals surface area contributed by atoms with Gasteiger partial charge in [-0.1, -0.05) is 30.0 Å². The van der Waals surface area contributed by atoms with Gasteiger partial charge in [0.1, 0.15) is 11.6 Å². The maximum absolute atomic E-state index is 11.8. The summed E-state index contributed by atoms with van der Waals surface area (Å²) in [6.07, 6.45) is 0.555. The number of nitrogens with zero attached hydrogens (tertiary/aromatic N) is 1. The lowest BCUT2D eigenvalue weighted by atomic mass is 9.99. The summed E-state index contributed by atoms with van der Waals surface area (Å²) < 4.78 is 5.10. The van der Waals surface area contributed by atoms with Crippen LogP contribution in [-0.2, 0) is 16.0 Å². The average molecular weight is 334 g/mol. The van der Waals surface area contributed by atoms with Crippen LogP contribution in [0.3, 0.4) is 0 Å². The van der Waals surface area contributed by atoms with Gasteiger partial charge < -0.3 is 9.72 Å². The molecule has 0 atom stereocenters. The smallest absolute Gasteiger partial charge is 0.307 e. The Morgan fingerprint density at radius 3 is 2.64 bits per heavy atom. The Labute approximate surface area is 146 Å². The lowest BCUT2D eigenvalue weighted by Gasteiger charge is -2.10. The van der Waals surface area contributed by atoms with Gasteiger partial charge in [-0.25, -0.2) is 0 Å². The van der Waals surface area contributed by atoms with E-state index in [0.717, 1.165) is 11.1 Å². The van der Waals surface area contributed by atoms with E-state index < -0.39 is 5.56 Å². The molecule has 0 saturated carbocycles. The number of carbonyl (C=O) groups excluding carboxylic acids is 1. The van der Waals surface area contributed by atoms with Crippen LogP contribution in [0.1, 0.15) is 34.4 Å². The number of hydrogen-bond donors (Lipinski definition) is 1. The Bertz CT molecular complexity index is 926. The van der Waals surface area contributed by atoms with Gasteiger partial charge in [0.25, 0.3) is 5.56 Å². The van der Waals surface area contributed by atoms with Gasteiger partial charge in [0.2, 0.25) is 0 Å². The van der Waals surface area contributed by atoms with Gasteiger partial charge >= 0.3 is 5.97 Å². The van der Waals surface area contributed by atoms with E-state index in [4.69, 9.17) is 10.00 Å². The molecule has 0 aliphatic carbocycles. The lowest BCUT2D eigenvalue weighted by molar-refractivity contribution is -0.142. The van der Waals surface area contributed by atoms with Gasteiger partial charge in [-0.2, -0.15) is 5.26 Å². The van der Waals surface area contributed by atoms with Gasteiger partial charge in [0.05, 0.1) is 0 Å². The first-order valence-corrected chi connectivity index (χ1v) is 7.85. The molecule has 5 nitrogen and oxygen atoms in total. The highest BCUT2D eigenvalue weighted by atomic mass is 16.5. The van der Waals surface area contributed by atoms with E-state index in [1.54, 1.807) is 13.8 Å². The van der Waals surface area contributed by atoms with Gasteiger partial charge in [-0.05, 0) is 43.5 Å². The molecule has 0 fully saturated rings. The first-order valence-electron chi connectivity index (χ1n) is 7.85. The summed E-state index contributed by atoms with van der Waals surface area (Å²) in [6, 6.07) is 11.3. The van der Waals surface area contributed by atoms with Crippen molar-refractivity contribution in [3.05, 3.63) is 68.6 Å². The topological polar surface area (TPSA) is 83.0 Å². The number of aryl methyl sites for hydroxylation is 1. The number of nitriles is 1. The zero-order valence-corrected chi connectivity index (χ0v) is 14.2. The van der Waals surface area contributed by atoms with Crippen molar-refractivity contribution in [1.29, 1.82) is 5.26 Å². The highest BCUT2D eigenvalue weighted by Crippen LogP contribution is 2.15. The fourth-order valence-corrected chi connectivity index (χ4v) is 2.50. The third kappa shape index (κ3) is 4.83. The van der Waals surface area contributed by atoms with Crippen molar-refractivity contribution < 1.29 is 9.53 Å².